The van der Waals surface area contributed by atoms with Gasteiger partial charge in [0.1, 0.15) is 5.82 Å². The van der Waals surface area contributed by atoms with Crippen molar-refractivity contribution in [1.82, 2.24) is 10.2 Å². The van der Waals surface area contributed by atoms with Crippen molar-refractivity contribution in [2.24, 2.45) is 0 Å². The first-order valence-corrected chi connectivity index (χ1v) is 7.42. The van der Waals surface area contributed by atoms with Gasteiger partial charge >= 0.3 is 5.97 Å². The van der Waals surface area contributed by atoms with Gasteiger partial charge in [-0.15, -0.1) is 0 Å². The number of carboxylic acid groups (broad SMARTS) is 1. The predicted molar refractivity (Wildman–Crippen MR) is 87.9 cm³/mol. The summed E-state index contributed by atoms with van der Waals surface area (Å²) < 4.78 is 13.4. The van der Waals surface area contributed by atoms with Gasteiger partial charge in [-0.1, -0.05) is 24.3 Å². The Bertz CT molecular complexity index is 674. The minimum atomic E-state index is -0.933. The first kappa shape index (κ1) is 17.1. The van der Waals surface area contributed by atoms with Crippen LogP contribution in [0.25, 0.3) is 0 Å². The second kappa shape index (κ2) is 7.85. The van der Waals surface area contributed by atoms with Gasteiger partial charge in [-0.05, 0) is 49.5 Å². The van der Waals surface area contributed by atoms with Gasteiger partial charge < -0.3 is 15.3 Å². The summed E-state index contributed by atoms with van der Waals surface area (Å²) in [7, 11) is 3.89. The summed E-state index contributed by atoms with van der Waals surface area (Å²) in [4.78, 5) is 13.0. The predicted octanol–water partition coefficient (Wildman–Crippen LogP) is 2.92. The number of rotatable bonds is 7. The number of aromatic carboxylic acids is 1. The van der Waals surface area contributed by atoms with E-state index in [1.807, 2.05) is 31.1 Å². The fraction of sp³-hybridized carbons (Fsp3) is 0.278. The molecule has 0 aliphatic rings. The molecule has 5 heteroatoms. The van der Waals surface area contributed by atoms with Crippen molar-refractivity contribution in [1.29, 1.82) is 0 Å². The molecular formula is C18H21FN2O2. The number of halogens is 1. The van der Waals surface area contributed by atoms with Crippen LogP contribution >= 0.6 is 0 Å². The Kier molecular flexibility index (Phi) is 5.84. The second-order valence-electron chi connectivity index (χ2n) is 5.67. The maximum Gasteiger partial charge on any atom is 0.335 e. The highest BCUT2D eigenvalue weighted by molar-refractivity contribution is 5.87. The standard InChI is InChI=1S/C18H21FN2O2/c1-21(2)17(14-6-4-8-16(19)10-14)12-20-11-13-5-3-7-15(9-13)18(22)23/h3-10,17,20H,11-12H2,1-2H3,(H,22,23). The Hall–Kier alpha value is -2.24. The van der Waals surface area contributed by atoms with Gasteiger partial charge in [-0.3, -0.25) is 0 Å². The number of nitrogens with zero attached hydrogens (tertiary/aromatic N) is 1. The fourth-order valence-electron chi connectivity index (χ4n) is 2.48. The number of hydrogen-bond donors (Lipinski definition) is 2. The quantitative estimate of drug-likeness (QED) is 0.825. The van der Waals surface area contributed by atoms with Crippen LogP contribution in [0.1, 0.15) is 27.5 Å². The fourth-order valence-corrected chi connectivity index (χ4v) is 2.48. The average Bonchev–Trinajstić information content (AvgIpc) is 2.51. The lowest BCUT2D eigenvalue weighted by Crippen LogP contribution is -2.30. The van der Waals surface area contributed by atoms with E-state index in [0.29, 0.717) is 13.1 Å². The van der Waals surface area contributed by atoms with Crippen LogP contribution in [0.5, 0.6) is 0 Å². The lowest BCUT2D eigenvalue weighted by molar-refractivity contribution is 0.0696. The van der Waals surface area contributed by atoms with Gasteiger partial charge in [0.25, 0.3) is 0 Å². The molecule has 0 saturated heterocycles. The minimum absolute atomic E-state index is 0.0355. The summed E-state index contributed by atoms with van der Waals surface area (Å²) in [6.45, 7) is 1.19. The zero-order valence-electron chi connectivity index (χ0n) is 13.3. The molecule has 0 heterocycles. The summed E-state index contributed by atoms with van der Waals surface area (Å²) in [6, 6.07) is 13.5. The van der Waals surface area contributed by atoms with Gasteiger partial charge in [0.15, 0.2) is 0 Å². The Balaban J connectivity index is 2.00. The lowest BCUT2D eigenvalue weighted by atomic mass is 10.1. The molecule has 2 aromatic carbocycles. The normalized spacial score (nSPS) is 12.3. The molecule has 0 aliphatic heterocycles. The molecule has 0 saturated carbocycles. The number of hydrogen-bond acceptors (Lipinski definition) is 3. The molecule has 0 spiro atoms. The van der Waals surface area contributed by atoms with Crippen LogP contribution in [0.15, 0.2) is 48.5 Å². The monoisotopic (exact) mass is 316 g/mol. The lowest BCUT2D eigenvalue weighted by Gasteiger charge is -2.25. The zero-order chi connectivity index (χ0) is 16.8. The molecule has 23 heavy (non-hydrogen) atoms. The molecule has 122 valence electrons. The van der Waals surface area contributed by atoms with Crippen molar-refractivity contribution in [2.45, 2.75) is 12.6 Å². The van der Waals surface area contributed by atoms with Gasteiger partial charge in [0.05, 0.1) is 5.56 Å². The van der Waals surface area contributed by atoms with E-state index >= 15 is 0 Å². The Morgan fingerprint density at radius 2 is 1.96 bits per heavy atom. The molecule has 0 aliphatic carbocycles. The third kappa shape index (κ3) is 4.87. The molecular weight excluding hydrogens is 295 g/mol. The molecule has 1 unspecified atom stereocenters. The van der Waals surface area contributed by atoms with E-state index in [9.17, 15) is 9.18 Å². The van der Waals surface area contributed by atoms with Crippen molar-refractivity contribution in [3.8, 4) is 0 Å². The number of carboxylic acids is 1. The first-order valence-electron chi connectivity index (χ1n) is 7.42. The van der Waals surface area contributed by atoms with Crippen molar-refractivity contribution >= 4 is 5.97 Å². The molecule has 2 N–H and O–H groups in total. The van der Waals surface area contributed by atoms with Crippen LogP contribution in [0, 0.1) is 5.82 Å². The molecule has 0 amide bonds. The van der Waals surface area contributed by atoms with E-state index in [1.54, 1.807) is 24.3 Å². The summed E-state index contributed by atoms with van der Waals surface area (Å²) in [5.41, 5.74) is 2.09. The Labute approximate surface area is 135 Å². The van der Waals surface area contributed by atoms with E-state index in [0.717, 1.165) is 11.1 Å². The first-order chi connectivity index (χ1) is 11.0. The largest absolute Gasteiger partial charge is 0.478 e. The Morgan fingerprint density at radius 3 is 2.61 bits per heavy atom. The van der Waals surface area contributed by atoms with Crippen molar-refractivity contribution < 1.29 is 14.3 Å². The van der Waals surface area contributed by atoms with Crippen molar-refractivity contribution in [2.75, 3.05) is 20.6 Å². The average molecular weight is 316 g/mol. The molecule has 2 rings (SSSR count). The zero-order valence-corrected chi connectivity index (χ0v) is 13.3. The van der Waals surface area contributed by atoms with E-state index in [1.165, 1.54) is 12.1 Å². The number of likely N-dealkylation sites (N-methyl/N-ethyl adjacent to an activating group) is 1. The Morgan fingerprint density at radius 1 is 1.22 bits per heavy atom. The molecule has 0 bridgehead atoms. The highest BCUT2D eigenvalue weighted by atomic mass is 19.1. The van der Waals surface area contributed by atoms with Crippen LogP contribution in [-0.4, -0.2) is 36.6 Å². The molecule has 0 fully saturated rings. The van der Waals surface area contributed by atoms with Gasteiger partial charge in [0, 0.05) is 19.1 Å². The molecule has 4 nitrogen and oxygen atoms in total. The topological polar surface area (TPSA) is 52.6 Å². The third-order valence-corrected chi connectivity index (χ3v) is 3.70. The van der Waals surface area contributed by atoms with E-state index < -0.39 is 5.97 Å². The van der Waals surface area contributed by atoms with Gasteiger partial charge in [-0.2, -0.15) is 0 Å². The van der Waals surface area contributed by atoms with Crippen LogP contribution < -0.4 is 5.32 Å². The van der Waals surface area contributed by atoms with Crippen LogP contribution in [-0.2, 0) is 6.54 Å². The third-order valence-electron chi connectivity index (χ3n) is 3.70. The summed E-state index contributed by atoms with van der Waals surface area (Å²) >= 11 is 0. The summed E-state index contributed by atoms with van der Waals surface area (Å²) in [5.74, 6) is -1.18. The van der Waals surface area contributed by atoms with Gasteiger partial charge in [0.2, 0.25) is 0 Å². The van der Waals surface area contributed by atoms with E-state index in [4.69, 9.17) is 5.11 Å². The van der Waals surface area contributed by atoms with Crippen molar-refractivity contribution in [3.05, 3.63) is 71.0 Å². The summed E-state index contributed by atoms with van der Waals surface area (Å²) in [5, 5.41) is 12.3. The second-order valence-corrected chi connectivity index (χ2v) is 5.67. The van der Waals surface area contributed by atoms with Crippen LogP contribution in [0.2, 0.25) is 0 Å². The number of nitrogens with one attached hydrogen (secondary N) is 1. The van der Waals surface area contributed by atoms with Crippen LogP contribution in [0.3, 0.4) is 0 Å². The molecule has 0 aromatic heterocycles. The molecule has 0 radical (unpaired) electrons. The highest BCUT2D eigenvalue weighted by Gasteiger charge is 2.14. The number of carbonyl (C=O) groups is 1. The van der Waals surface area contributed by atoms with E-state index in [-0.39, 0.29) is 17.4 Å². The molecule has 1 atom stereocenters. The maximum atomic E-state index is 13.4. The highest BCUT2D eigenvalue weighted by Crippen LogP contribution is 2.18. The molecule has 2 aromatic rings. The number of benzene rings is 2. The SMILES string of the molecule is CN(C)C(CNCc1cccc(C(=O)O)c1)c1cccc(F)c1. The summed E-state index contributed by atoms with van der Waals surface area (Å²) in [6.07, 6.45) is 0. The van der Waals surface area contributed by atoms with E-state index in [2.05, 4.69) is 5.32 Å². The van der Waals surface area contributed by atoms with Crippen molar-refractivity contribution in [3.63, 3.8) is 0 Å². The minimum Gasteiger partial charge on any atom is -0.478 e. The maximum absolute atomic E-state index is 13.4. The smallest absolute Gasteiger partial charge is 0.335 e. The van der Waals surface area contributed by atoms with Crippen LogP contribution in [0.4, 0.5) is 4.39 Å². The van der Waals surface area contributed by atoms with Gasteiger partial charge in [-0.25, -0.2) is 9.18 Å².